The molecule has 28 heavy (non-hydrogen) atoms. The Hall–Kier alpha value is -1.88. The molecule has 2 saturated heterocycles. The SMILES string of the molecule is O=C(O)N1C2CCCC1CN(c1nc3c(OC(F)(F)F)c(Cl)cc(Br)c3o1)C2. The Bertz CT molecular complexity index is 924. The monoisotopic (exact) mass is 483 g/mol. The van der Waals surface area contributed by atoms with E-state index >= 15 is 0 Å². The molecule has 7 nitrogen and oxygen atoms in total. The molecule has 0 radical (unpaired) electrons. The maximum atomic E-state index is 12.8. The van der Waals surface area contributed by atoms with Crippen molar-refractivity contribution in [3.8, 4) is 5.75 Å². The lowest BCUT2D eigenvalue weighted by atomic mass is 9.92. The van der Waals surface area contributed by atoms with Crippen molar-refractivity contribution in [2.45, 2.75) is 37.7 Å². The quantitative estimate of drug-likeness (QED) is 0.656. The lowest BCUT2D eigenvalue weighted by molar-refractivity contribution is -0.274. The van der Waals surface area contributed by atoms with Crippen LogP contribution in [0.1, 0.15) is 19.3 Å². The third-order valence-electron chi connectivity index (χ3n) is 4.95. The third kappa shape index (κ3) is 3.45. The number of piperidine rings is 1. The number of oxazole rings is 1. The van der Waals surface area contributed by atoms with Crippen LogP contribution in [0.15, 0.2) is 15.0 Å². The van der Waals surface area contributed by atoms with Crippen molar-refractivity contribution in [2.24, 2.45) is 0 Å². The molecule has 2 fully saturated rings. The molecule has 1 aromatic heterocycles. The molecular formula is C16H14BrClF3N3O4. The molecule has 4 rings (SSSR count). The van der Waals surface area contributed by atoms with Gasteiger partial charge < -0.3 is 19.2 Å². The number of anilines is 1. The van der Waals surface area contributed by atoms with E-state index in [1.807, 2.05) is 0 Å². The Kier molecular flexibility index (Phi) is 4.77. The van der Waals surface area contributed by atoms with Crippen molar-refractivity contribution in [1.82, 2.24) is 9.88 Å². The number of benzene rings is 1. The highest BCUT2D eigenvalue weighted by Crippen LogP contribution is 2.42. The van der Waals surface area contributed by atoms with Crippen molar-refractivity contribution in [3.63, 3.8) is 0 Å². The number of hydrogen-bond acceptors (Lipinski definition) is 5. The molecule has 2 aliphatic rings. The fraction of sp³-hybridized carbons (Fsp3) is 0.500. The van der Waals surface area contributed by atoms with E-state index < -0.39 is 18.2 Å². The van der Waals surface area contributed by atoms with Crippen LogP contribution in [0, 0.1) is 0 Å². The van der Waals surface area contributed by atoms with Gasteiger partial charge in [0.25, 0.3) is 6.01 Å². The lowest BCUT2D eigenvalue weighted by Gasteiger charge is -2.48. The summed E-state index contributed by atoms with van der Waals surface area (Å²) >= 11 is 9.14. The maximum Gasteiger partial charge on any atom is 0.573 e. The summed E-state index contributed by atoms with van der Waals surface area (Å²) < 4.78 is 48.4. The van der Waals surface area contributed by atoms with Gasteiger partial charge >= 0.3 is 12.5 Å². The van der Waals surface area contributed by atoms with Crippen LogP contribution < -0.4 is 9.64 Å². The predicted octanol–water partition coefficient (Wildman–Crippen LogP) is 4.86. The fourth-order valence-electron chi connectivity index (χ4n) is 3.90. The van der Waals surface area contributed by atoms with E-state index in [2.05, 4.69) is 25.7 Å². The molecule has 2 atom stereocenters. The highest BCUT2D eigenvalue weighted by Gasteiger charge is 2.42. The van der Waals surface area contributed by atoms with Crippen LogP contribution in [0.5, 0.6) is 5.75 Å². The van der Waals surface area contributed by atoms with Crippen LogP contribution in [-0.4, -0.2) is 52.6 Å². The summed E-state index contributed by atoms with van der Waals surface area (Å²) in [5.41, 5.74) is -0.0815. The molecule has 3 heterocycles. The summed E-state index contributed by atoms with van der Waals surface area (Å²) in [6, 6.07) is 0.902. The Labute approximate surface area is 170 Å². The normalized spacial score (nSPS) is 22.6. The number of hydrogen-bond donors (Lipinski definition) is 1. The summed E-state index contributed by atoms with van der Waals surface area (Å²) in [6.07, 6.45) is -3.57. The molecule has 1 amide bonds. The first-order valence-corrected chi connectivity index (χ1v) is 9.61. The van der Waals surface area contributed by atoms with Gasteiger partial charge in [-0.3, -0.25) is 4.90 Å². The Morgan fingerprint density at radius 2 is 2.00 bits per heavy atom. The number of ether oxygens (including phenoxy) is 1. The maximum absolute atomic E-state index is 12.8. The van der Waals surface area contributed by atoms with Crippen LogP contribution in [0.25, 0.3) is 11.1 Å². The molecule has 0 spiro atoms. The summed E-state index contributed by atoms with van der Waals surface area (Å²) in [4.78, 5) is 18.9. The van der Waals surface area contributed by atoms with Crippen LogP contribution in [0.2, 0.25) is 5.02 Å². The molecule has 1 N–H and O–H groups in total. The van der Waals surface area contributed by atoms with Gasteiger partial charge in [-0.1, -0.05) is 11.6 Å². The van der Waals surface area contributed by atoms with E-state index in [0.29, 0.717) is 30.4 Å². The Morgan fingerprint density at radius 1 is 1.36 bits per heavy atom. The third-order valence-corrected chi connectivity index (χ3v) is 5.82. The van der Waals surface area contributed by atoms with Crippen molar-refractivity contribution in [1.29, 1.82) is 0 Å². The van der Waals surface area contributed by atoms with Gasteiger partial charge in [-0.25, -0.2) is 4.79 Å². The van der Waals surface area contributed by atoms with Crippen molar-refractivity contribution in [3.05, 3.63) is 15.6 Å². The molecule has 1 aromatic carbocycles. The first kappa shape index (κ1) is 19.4. The van der Waals surface area contributed by atoms with E-state index in [4.69, 9.17) is 16.0 Å². The van der Waals surface area contributed by atoms with Crippen LogP contribution in [0.3, 0.4) is 0 Å². The van der Waals surface area contributed by atoms with E-state index in [9.17, 15) is 23.1 Å². The zero-order chi connectivity index (χ0) is 20.2. The van der Waals surface area contributed by atoms with E-state index in [-0.39, 0.29) is 34.2 Å². The zero-order valence-corrected chi connectivity index (χ0v) is 16.5. The molecule has 12 heteroatoms. The van der Waals surface area contributed by atoms with Gasteiger partial charge in [-0.2, -0.15) is 4.98 Å². The number of rotatable bonds is 2. The molecule has 0 aliphatic carbocycles. The molecule has 152 valence electrons. The Morgan fingerprint density at radius 3 is 2.57 bits per heavy atom. The highest BCUT2D eigenvalue weighted by atomic mass is 79.9. The van der Waals surface area contributed by atoms with E-state index in [0.717, 1.165) is 6.42 Å². The average Bonchev–Trinajstić information content (AvgIpc) is 3.02. The summed E-state index contributed by atoms with van der Waals surface area (Å²) in [7, 11) is 0. The number of piperazine rings is 1. The van der Waals surface area contributed by atoms with Gasteiger partial charge in [-0.05, 0) is 41.3 Å². The largest absolute Gasteiger partial charge is 0.573 e. The van der Waals surface area contributed by atoms with E-state index in [1.165, 1.54) is 11.0 Å². The first-order valence-electron chi connectivity index (χ1n) is 8.44. The summed E-state index contributed by atoms with van der Waals surface area (Å²) in [5, 5.41) is 9.19. The van der Waals surface area contributed by atoms with Gasteiger partial charge in [0.1, 0.15) is 0 Å². The number of carboxylic acid groups (broad SMARTS) is 1. The predicted molar refractivity (Wildman–Crippen MR) is 96.9 cm³/mol. The minimum atomic E-state index is -4.94. The molecule has 0 saturated carbocycles. The number of aromatic nitrogens is 1. The number of carbonyl (C=O) groups is 1. The zero-order valence-electron chi connectivity index (χ0n) is 14.2. The second kappa shape index (κ2) is 6.87. The van der Waals surface area contributed by atoms with Gasteiger partial charge in [0.2, 0.25) is 0 Å². The smallest absolute Gasteiger partial charge is 0.465 e. The number of nitrogens with zero attached hydrogens (tertiary/aromatic N) is 3. The van der Waals surface area contributed by atoms with Gasteiger partial charge in [0.05, 0.1) is 21.6 Å². The second-order valence-corrected chi connectivity index (χ2v) is 7.99. The van der Waals surface area contributed by atoms with E-state index in [1.54, 1.807) is 4.90 Å². The standard InChI is InChI=1S/C16H14BrClF3N3O4/c17-9-4-10(18)13(28-16(19,20)21)11-12(9)27-14(22-11)23-5-7-2-1-3-8(6-23)24(7)15(25)26/h4,7-8H,1-3,5-6H2,(H,25,26). The second-order valence-electron chi connectivity index (χ2n) is 6.72. The van der Waals surface area contributed by atoms with Gasteiger partial charge in [0, 0.05) is 13.1 Å². The molecule has 2 unspecified atom stereocenters. The van der Waals surface area contributed by atoms with Gasteiger partial charge in [0.15, 0.2) is 16.8 Å². The van der Waals surface area contributed by atoms with Crippen LogP contribution >= 0.6 is 27.5 Å². The number of alkyl halides is 3. The van der Waals surface area contributed by atoms with Crippen molar-refractivity contribution in [2.75, 3.05) is 18.0 Å². The topological polar surface area (TPSA) is 79.0 Å². The number of amides is 1. The molecule has 2 aliphatic heterocycles. The molecule has 2 aromatic rings. The van der Waals surface area contributed by atoms with Gasteiger partial charge in [-0.15, -0.1) is 13.2 Å². The van der Waals surface area contributed by atoms with Crippen LogP contribution in [-0.2, 0) is 0 Å². The van der Waals surface area contributed by atoms with Crippen molar-refractivity contribution < 1.29 is 32.2 Å². The first-order chi connectivity index (χ1) is 13.1. The fourth-order valence-corrected chi connectivity index (χ4v) is 4.77. The van der Waals surface area contributed by atoms with Crippen LogP contribution in [0.4, 0.5) is 24.0 Å². The summed E-state index contributed by atoms with van der Waals surface area (Å²) in [5.74, 6) is -0.633. The lowest BCUT2D eigenvalue weighted by Crippen LogP contribution is -2.62. The molecular weight excluding hydrogens is 471 g/mol. The minimum absolute atomic E-state index is 0.0736. The summed E-state index contributed by atoms with van der Waals surface area (Å²) in [6.45, 7) is 0.687. The number of halogens is 5. The highest BCUT2D eigenvalue weighted by molar-refractivity contribution is 9.10. The van der Waals surface area contributed by atoms with Crippen molar-refractivity contribution >= 4 is 50.7 Å². The average molecular weight is 485 g/mol. The Balaban J connectivity index is 1.72. The number of fused-ring (bicyclic) bond motifs is 3. The minimum Gasteiger partial charge on any atom is -0.465 e. The molecule has 2 bridgehead atoms.